The Labute approximate surface area is 98.4 Å². The van der Waals surface area contributed by atoms with E-state index in [2.05, 4.69) is 21.2 Å². The molecule has 0 aliphatic heterocycles. The fraction of sp³-hybridized carbons (Fsp3) is 0.400. The van der Waals surface area contributed by atoms with Gasteiger partial charge in [0.25, 0.3) is 5.88 Å². The van der Waals surface area contributed by atoms with Gasteiger partial charge in [0.15, 0.2) is 0 Å². The summed E-state index contributed by atoms with van der Waals surface area (Å²) < 4.78 is 4.81. The van der Waals surface area contributed by atoms with Gasteiger partial charge in [0, 0.05) is 0 Å². The maximum absolute atomic E-state index is 10.9. The Kier molecular flexibility index (Phi) is 4.22. The highest BCUT2D eigenvalue weighted by Gasteiger charge is 2.24. The summed E-state index contributed by atoms with van der Waals surface area (Å²) in [5.41, 5.74) is -0.316. The number of anilines is 1. The molecule has 0 spiro atoms. The van der Waals surface area contributed by atoms with E-state index in [0.717, 1.165) is 0 Å². The van der Waals surface area contributed by atoms with Crippen LogP contribution in [-0.4, -0.2) is 28.0 Å². The molecule has 0 bridgehead atoms. The molecule has 0 amide bonds. The Morgan fingerprint density at radius 3 is 2.88 bits per heavy atom. The molecule has 0 radical (unpaired) electrons. The number of ether oxygens (including phenoxy) is 1. The number of methoxy groups -OCH3 is 1. The van der Waals surface area contributed by atoms with E-state index in [-0.39, 0.29) is 23.4 Å². The summed E-state index contributed by atoms with van der Waals surface area (Å²) in [5.74, 6) is 2.43. The van der Waals surface area contributed by atoms with E-state index in [4.69, 9.17) is 11.2 Å². The first-order valence-corrected chi connectivity index (χ1v) is 4.90. The van der Waals surface area contributed by atoms with E-state index in [1.54, 1.807) is 0 Å². The molecule has 0 aliphatic carbocycles. The SMILES string of the molecule is C#CC(CC)Nc1ncnc(OC)c1[N+](=O)[O-]. The molecule has 1 aromatic heterocycles. The molecule has 1 atom stereocenters. The number of aromatic nitrogens is 2. The molecular weight excluding hydrogens is 224 g/mol. The number of nitrogens with zero attached hydrogens (tertiary/aromatic N) is 3. The Balaban J connectivity index is 3.15. The molecule has 0 saturated carbocycles. The van der Waals surface area contributed by atoms with Crippen LogP contribution in [0.1, 0.15) is 13.3 Å². The Bertz CT molecular complexity index is 455. The second-order valence-electron chi connectivity index (χ2n) is 3.11. The number of hydrogen-bond acceptors (Lipinski definition) is 6. The maximum Gasteiger partial charge on any atom is 0.372 e. The second kappa shape index (κ2) is 5.65. The molecule has 1 rings (SSSR count). The van der Waals surface area contributed by atoms with Gasteiger partial charge < -0.3 is 10.1 Å². The molecule has 1 heterocycles. The van der Waals surface area contributed by atoms with Crippen molar-refractivity contribution in [3.8, 4) is 18.2 Å². The highest BCUT2D eigenvalue weighted by atomic mass is 16.6. The van der Waals surface area contributed by atoms with Crippen LogP contribution in [-0.2, 0) is 0 Å². The van der Waals surface area contributed by atoms with Gasteiger partial charge in [-0.25, -0.2) is 4.98 Å². The van der Waals surface area contributed by atoms with Crippen molar-refractivity contribution in [1.82, 2.24) is 9.97 Å². The van der Waals surface area contributed by atoms with E-state index in [0.29, 0.717) is 6.42 Å². The van der Waals surface area contributed by atoms with Crippen molar-refractivity contribution in [3.63, 3.8) is 0 Å². The largest absolute Gasteiger partial charge is 0.476 e. The van der Waals surface area contributed by atoms with E-state index in [9.17, 15) is 10.1 Å². The van der Waals surface area contributed by atoms with Gasteiger partial charge in [0.2, 0.25) is 5.82 Å². The van der Waals surface area contributed by atoms with Crippen LogP contribution in [0.25, 0.3) is 0 Å². The van der Waals surface area contributed by atoms with Gasteiger partial charge in [0.05, 0.1) is 18.1 Å². The fourth-order valence-electron chi connectivity index (χ4n) is 1.21. The first kappa shape index (κ1) is 12.7. The van der Waals surface area contributed by atoms with Crippen LogP contribution in [0.2, 0.25) is 0 Å². The molecule has 0 fully saturated rings. The quantitative estimate of drug-likeness (QED) is 0.469. The molecule has 1 N–H and O–H groups in total. The van der Waals surface area contributed by atoms with Crippen molar-refractivity contribution in [2.24, 2.45) is 0 Å². The third-order valence-electron chi connectivity index (χ3n) is 2.09. The van der Waals surface area contributed by atoms with Gasteiger partial charge in [-0.3, -0.25) is 10.1 Å². The Morgan fingerprint density at radius 2 is 2.41 bits per heavy atom. The molecule has 17 heavy (non-hydrogen) atoms. The van der Waals surface area contributed by atoms with Crippen molar-refractivity contribution in [1.29, 1.82) is 0 Å². The molecule has 1 aromatic rings. The number of nitrogens with one attached hydrogen (secondary N) is 1. The summed E-state index contributed by atoms with van der Waals surface area (Å²) in [6.45, 7) is 1.86. The van der Waals surface area contributed by atoms with E-state index < -0.39 is 4.92 Å². The third-order valence-corrected chi connectivity index (χ3v) is 2.09. The standard InChI is InChI=1S/C10H12N4O3/c1-4-7(5-2)13-9-8(14(15)16)10(17-3)12-6-11-9/h1,6-7H,5H2,2-3H3,(H,11,12,13). The van der Waals surface area contributed by atoms with Crippen molar-refractivity contribution < 1.29 is 9.66 Å². The first-order valence-electron chi connectivity index (χ1n) is 4.90. The lowest BCUT2D eigenvalue weighted by Crippen LogP contribution is -2.18. The first-order chi connectivity index (χ1) is 8.13. The summed E-state index contributed by atoms with van der Waals surface area (Å²) in [4.78, 5) is 17.8. The summed E-state index contributed by atoms with van der Waals surface area (Å²) in [6.07, 6.45) is 7.07. The fourth-order valence-corrected chi connectivity index (χ4v) is 1.21. The predicted molar refractivity (Wildman–Crippen MR) is 61.8 cm³/mol. The average molecular weight is 236 g/mol. The second-order valence-corrected chi connectivity index (χ2v) is 3.11. The molecule has 7 nitrogen and oxygen atoms in total. The topological polar surface area (TPSA) is 90.2 Å². The van der Waals surface area contributed by atoms with Gasteiger partial charge in [-0.1, -0.05) is 12.8 Å². The number of rotatable bonds is 5. The average Bonchev–Trinajstić information content (AvgIpc) is 2.34. The van der Waals surface area contributed by atoms with Gasteiger partial charge in [-0.15, -0.1) is 6.42 Å². The minimum Gasteiger partial charge on any atom is -0.476 e. The van der Waals surface area contributed by atoms with E-state index >= 15 is 0 Å². The lowest BCUT2D eigenvalue weighted by atomic mass is 10.2. The zero-order valence-corrected chi connectivity index (χ0v) is 9.51. The monoisotopic (exact) mass is 236 g/mol. The molecule has 1 unspecified atom stereocenters. The minimum atomic E-state index is -0.607. The van der Waals surface area contributed by atoms with Crippen LogP contribution in [0.3, 0.4) is 0 Å². The van der Waals surface area contributed by atoms with Crippen LogP contribution in [0.5, 0.6) is 5.88 Å². The van der Waals surface area contributed by atoms with Gasteiger partial charge in [0.1, 0.15) is 6.33 Å². The third kappa shape index (κ3) is 2.81. The maximum atomic E-state index is 10.9. The number of nitro groups is 1. The molecule has 0 aliphatic rings. The Morgan fingerprint density at radius 1 is 1.71 bits per heavy atom. The molecule has 7 heteroatoms. The number of terminal acetylenes is 1. The van der Waals surface area contributed by atoms with Crippen LogP contribution in [0, 0.1) is 22.5 Å². The normalized spacial score (nSPS) is 11.4. The van der Waals surface area contributed by atoms with E-state index in [1.165, 1.54) is 13.4 Å². The predicted octanol–water partition coefficient (Wildman–Crippen LogP) is 1.22. The van der Waals surface area contributed by atoms with Gasteiger partial charge in [-0.05, 0) is 6.42 Å². The summed E-state index contributed by atoms with van der Waals surface area (Å²) >= 11 is 0. The van der Waals surface area contributed by atoms with E-state index in [1.807, 2.05) is 6.92 Å². The molecule has 0 aromatic carbocycles. The highest BCUT2D eigenvalue weighted by molar-refractivity contribution is 5.62. The highest BCUT2D eigenvalue weighted by Crippen LogP contribution is 2.30. The Hall–Kier alpha value is -2.36. The van der Waals surface area contributed by atoms with Crippen molar-refractivity contribution >= 4 is 11.5 Å². The lowest BCUT2D eigenvalue weighted by Gasteiger charge is -2.11. The van der Waals surface area contributed by atoms with Crippen LogP contribution in [0.4, 0.5) is 11.5 Å². The zero-order valence-electron chi connectivity index (χ0n) is 9.51. The smallest absolute Gasteiger partial charge is 0.372 e. The van der Waals surface area contributed by atoms with Crippen LogP contribution >= 0.6 is 0 Å². The molecule has 90 valence electrons. The van der Waals surface area contributed by atoms with Crippen LogP contribution < -0.4 is 10.1 Å². The summed E-state index contributed by atoms with van der Waals surface area (Å²) in [7, 11) is 1.30. The van der Waals surface area contributed by atoms with Crippen molar-refractivity contribution in [3.05, 3.63) is 16.4 Å². The van der Waals surface area contributed by atoms with Gasteiger partial charge in [-0.2, -0.15) is 4.98 Å². The minimum absolute atomic E-state index is 0.0617. The van der Waals surface area contributed by atoms with Crippen molar-refractivity contribution in [2.75, 3.05) is 12.4 Å². The molecular formula is C10H12N4O3. The lowest BCUT2D eigenvalue weighted by molar-refractivity contribution is -0.385. The summed E-state index contributed by atoms with van der Waals surface area (Å²) in [6, 6.07) is -0.326. The zero-order chi connectivity index (χ0) is 12.8. The van der Waals surface area contributed by atoms with Gasteiger partial charge >= 0.3 is 5.69 Å². The van der Waals surface area contributed by atoms with Crippen LogP contribution in [0.15, 0.2) is 6.33 Å². The summed E-state index contributed by atoms with van der Waals surface area (Å²) in [5, 5.41) is 13.7. The van der Waals surface area contributed by atoms with Crippen molar-refractivity contribution in [2.45, 2.75) is 19.4 Å². The number of hydrogen-bond donors (Lipinski definition) is 1. The molecule has 0 saturated heterocycles.